The lowest BCUT2D eigenvalue weighted by molar-refractivity contribution is -0.141. The van der Waals surface area contributed by atoms with Gasteiger partial charge in [0.1, 0.15) is 11.6 Å². The Morgan fingerprint density at radius 3 is 2.26 bits per heavy atom. The molecule has 0 heterocycles. The van der Waals surface area contributed by atoms with Crippen molar-refractivity contribution in [1.29, 1.82) is 0 Å². The van der Waals surface area contributed by atoms with Gasteiger partial charge in [-0.25, -0.2) is 12.8 Å². The molecular formula is C32H33FN2O7S. The third-order valence-corrected chi connectivity index (χ3v) is 8.24. The van der Waals surface area contributed by atoms with E-state index >= 15 is 0 Å². The maximum atomic E-state index is 14.1. The van der Waals surface area contributed by atoms with Crippen LogP contribution in [0.1, 0.15) is 30.0 Å². The number of hydrogen-bond acceptors (Lipinski definition) is 8. The Bertz CT molecular complexity index is 1760. The number of methoxy groups -OCH3 is 3. The highest BCUT2D eigenvalue weighted by atomic mass is 32.2. The summed E-state index contributed by atoms with van der Waals surface area (Å²) >= 11 is 0. The quantitative estimate of drug-likeness (QED) is 0.204. The van der Waals surface area contributed by atoms with E-state index in [0.717, 1.165) is 0 Å². The maximum absolute atomic E-state index is 14.1. The summed E-state index contributed by atoms with van der Waals surface area (Å²) < 4.78 is 59.7. The number of sulfonamides is 1. The molecule has 0 fully saturated rings. The number of benzene rings is 4. The van der Waals surface area contributed by atoms with E-state index in [1.807, 2.05) is 6.92 Å². The molecule has 4 rings (SSSR count). The first-order valence-electron chi connectivity index (χ1n) is 13.4. The van der Waals surface area contributed by atoms with Crippen molar-refractivity contribution >= 4 is 44.1 Å². The fourth-order valence-electron chi connectivity index (χ4n) is 4.80. The molecule has 0 aromatic heterocycles. The molecule has 4 aromatic rings. The Hall–Kier alpha value is -4.64. The number of carbonyl (C=O) groups is 2. The van der Waals surface area contributed by atoms with Gasteiger partial charge in [-0.3, -0.25) is 14.3 Å². The summed E-state index contributed by atoms with van der Waals surface area (Å²) in [5.41, 5.74) is 2.62. The summed E-state index contributed by atoms with van der Waals surface area (Å²) in [7, 11) is -0.201. The lowest BCUT2D eigenvalue weighted by Crippen LogP contribution is -2.22. The minimum absolute atomic E-state index is 0.00126. The fourth-order valence-corrected chi connectivity index (χ4v) is 6.13. The van der Waals surface area contributed by atoms with E-state index < -0.39 is 27.8 Å². The second kappa shape index (κ2) is 13.6. The topological polar surface area (TPSA) is 120 Å². The predicted octanol–water partition coefficient (Wildman–Crippen LogP) is 5.46. The van der Waals surface area contributed by atoms with Crippen LogP contribution in [0.5, 0.6) is 5.75 Å². The Balaban J connectivity index is 1.83. The summed E-state index contributed by atoms with van der Waals surface area (Å²) in [6.45, 7) is 1.82. The fraction of sp³-hybridized carbons (Fsp3) is 0.250. The zero-order valence-corrected chi connectivity index (χ0v) is 25.1. The Morgan fingerprint density at radius 1 is 0.860 bits per heavy atom. The van der Waals surface area contributed by atoms with Gasteiger partial charge in [0.2, 0.25) is 0 Å². The molecule has 9 nitrogen and oxygen atoms in total. The molecule has 226 valence electrons. The van der Waals surface area contributed by atoms with Crippen molar-refractivity contribution in [2.45, 2.75) is 37.1 Å². The molecule has 0 aliphatic rings. The first-order valence-corrected chi connectivity index (χ1v) is 14.9. The van der Waals surface area contributed by atoms with Crippen LogP contribution in [0, 0.1) is 5.82 Å². The van der Waals surface area contributed by atoms with Gasteiger partial charge in [-0.2, -0.15) is 0 Å². The first-order chi connectivity index (χ1) is 20.5. The average molecular weight is 609 g/mol. The highest BCUT2D eigenvalue weighted by Gasteiger charge is 2.24. The minimum Gasteiger partial charge on any atom is -0.495 e. The third-order valence-electron chi connectivity index (χ3n) is 6.84. The molecule has 1 atom stereocenters. The zero-order valence-electron chi connectivity index (χ0n) is 24.3. The summed E-state index contributed by atoms with van der Waals surface area (Å²) in [5, 5.41) is 4.40. The van der Waals surface area contributed by atoms with Gasteiger partial charge < -0.3 is 19.5 Å². The number of esters is 2. The second-order valence-electron chi connectivity index (χ2n) is 9.98. The molecule has 0 aliphatic heterocycles. The van der Waals surface area contributed by atoms with Gasteiger partial charge >= 0.3 is 11.9 Å². The number of fused-ring (bicyclic) bond motifs is 1. The molecule has 0 saturated carbocycles. The molecule has 43 heavy (non-hydrogen) atoms. The summed E-state index contributed by atoms with van der Waals surface area (Å²) in [6.07, 6.45) is 0.290. The van der Waals surface area contributed by atoms with Crippen LogP contribution < -0.4 is 14.8 Å². The van der Waals surface area contributed by atoms with Crippen molar-refractivity contribution in [3.63, 3.8) is 0 Å². The minimum atomic E-state index is -4.20. The first kappa shape index (κ1) is 31.3. The molecule has 0 spiro atoms. The number of anilines is 2. The molecular weight excluding hydrogens is 575 g/mol. The predicted molar refractivity (Wildman–Crippen MR) is 162 cm³/mol. The largest absolute Gasteiger partial charge is 0.495 e. The second-order valence-corrected chi connectivity index (χ2v) is 11.6. The van der Waals surface area contributed by atoms with E-state index in [-0.39, 0.29) is 41.6 Å². The van der Waals surface area contributed by atoms with Gasteiger partial charge in [-0.05, 0) is 60.4 Å². The summed E-state index contributed by atoms with van der Waals surface area (Å²) in [5.74, 6) is -1.03. The highest BCUT2D eigenvalue weighted by molar-refractivity contribution is 7.93. The van der Waals surface area contributed by atoms with Crippen molar-refractivity contribution < 1.29 is 36.6 Å². The number of ether oxygens (including phenoxy) is 3. The number of hydrogen-bond donors (Lipinski definition) is 2. The summed E-state index contributed by atoms with van der Waals surface area (Å²) in [6, 6.07) is 19.0. The van der Waals surface area contributed by atoms with E-state index in [1.54, 1.807) is 54.6 Å². The van der Waals surface area contributed by atoms with E-state index in [2.05, 4.69) is 10.0 Å². The van der Waals surface area contributed by atoms with Crippen LogP contribution in [0.15, 0.2) is 77.7 Å². The smallest absolute Gasteiger partial charge is 0.309 e. The van der Waals surface area contributed by atoms with Crippen LogP contribution in [0.4, 0.5) is 15.8 Å². The Morgan fingerprint density at radius 2 is 1.58 bits per heavy atom. The van der Waals surface area contributed by atoms with Crippen LogP contribution in [-0.2, 0) is 41.9 Å². The molecule has 2 N–H and O–H groups in total. The average Bonchev–Trinajstić information content (AvgIpc) is 2.98. The number of halogens is 1. The van der Waals surface area contributed by atoms with E-state index in [4.69, 9.17) is 14.2 Å². The van der Waals surface area contributed by atoms with Gasteiger partial charge in [0.15, 0.2) is 0 Å². The van der Waals surface area contributed by atoms with Gasteiger partial charge in [0.25, 0.3) is 10.0 Å². The van der Waals surface area contributed by atoms with Gasteiger partial charge in [0, 0.05) is 22.5 Å². The van der Waals surface area contributed by atoms with Crippen molar-refractivity contribution in [3.8, 4) is 5.75 Å². The van der Waals surface area contributed by atoms with Crippen LogP contribution in [-0.4, -0.2) is 47.7 Å². The number of rotatable bonds is 12. The molecule has 0 radical (unpaired) electrons. The SMILES string of the molecule is COC(=O)Cc1ccc(NS(=O)(=O)c2cc(Cc3cccc(F)c3)c(N[C@@H](C)CC(=O)OC)c3ccccc23)c(OC)c1. The van der Waals surface area contributed by atoms with Crippen LogP contribution in [0.25, 0.3) is 10.8 Å². The van der Waals surface area contributed by atoms with E-state index in [1.165, 1.54) is 39.5 Å². The zero-order chi connectivity index (χ0) is 31.1. The normalized spacial score (nSPS) is 11.9. The van der Waals surface area contributed by atoms with E-state index in [0.29, 0.717) is 33.2 Å². The van der Waals surface area contributed by atoms with Crippen molar-refractivity contribution in [3.05, 3.63) is 95.3 Å². The van der Waals surface area contributed by atoms with Crippen molar-refractivity contribution in [2.75, 3.05) is 31.4 Å². The Kier molecular flexibility index (Phi) is 9.87. The standard InChI is InChI=1S/C32H33FN2O7S/c1-20(14-30(36)41-3)34-32-23(15-21-8-7-9-24(33)16-21)19-29(25-10-5-6-11-26(25)32)43(38,39)35-27-13-12-22(17-28(27)40-2)18-31(37)42-4/h5-13,16-17,19-20,34-35H,14-15,18H2,1-4H3/t20-/m0/s1. The molecule has 4 aromatic carbocycles. The van der Waals surface area contributed by atoms with E-state index in [9.17, 15) is 22.4 Å². The third kappa shape index (κ3) is 7.61. The summed E-state index contributed by atoms with van der Waals surface area (Å²) in [4.78, 5) is 23.7. The molecule has 0 aliphatic carbocycles. The molecule has 0 unspecified atom stereocenters. The molecule has 11 heteroatoms. The highest BCUT2D eigenvalue weighted by Crippen LogP contribution is 2.37. The number of carbonyl (C=O) groups excluding carboxylic acids is 2. The van der Waals surface area contributed by atoms with Gasteiger partial charge in [-0.15, -0.1) is 0 Å². The van der Waals surface area contributed by atoms with Crippen LogP contribution in [0.2, 0.25) is 0 Å². The lowest BCUT2D eigenvalue weighted by atomic mass is 9.97. The van der Waals surface area contributed by atoms with Crippen LogP contribution >= 0.6 is 0 Å². The maximum Gasteiger partial charge on any atom is 0.309 e. The molecule has 0 saturated heterocycles. The van der Waals surface area contributed by atoms with Gasteiger partial charge in [0.05, 0.1) is 44.8 Å². The lowest BCUT2D eigenvalue weighted by Gasteiger charge is -2.22. The van der Waals surface area contributed by atoms with Gasteiger partial charge in [-0.1, -0.05) is 42.5 Å². The van der Waals surface area contributed by atoms with Crippen LogP contribution in [0.3, 0.4) is 0 Å². The Labute approximate surface area is 250 Å². The number of nitrogens with one attached hydrogen (secondary N) is 2. The van der Waals surface area contributed by atoms with Crippen molar-refractivity contribution in [1.82, 2.24) is 0 Å². The molecule has 0 bridgehead atoms. The monoisotopic (exact) mass is 608 g/mol. The molecule has 0 amide bonds. The van der Waals surface area contributed by atoms with Crippen molar-refractivity contribution in [2.24, 2.45) is 0 Å².